The van der Waals surface area contributed by atoms with Gasteiger partial charge in [-0.2, -0.15) is 13.2 Å². The molecule has 1 fully saturated rings. The number of aromatic amines is 1. The molecule has 0 spiro atoms. The second-order valence-corrected chi connectivity index (χ2v) is 8.86. The largest absolute Gasteiger partial charge is 0.454 e. The Morgan fingerprint density at radius 1 is 1.17 bits per heavy atom. The van der Waals surface area contributed by atoms with Crippen LogP contribution in [0.25, 0.3) is 16.6 Å². The molecule has 8 nitrogen and oxygen atoms in total. The molecule has 0 unspecified atom stereocenters. The number of rotatable bonds is 4. The summed E-state index contributed by atoms with van der Waals surface area (Å²) in [6, 6.07) is 8.29. The number of nitrogens with zero attached hydrogens (tertiary/aromatic N) is 4. The minimum Gasteiger partial charge on any atom is -0.454 e. The van der Waals surface area contributed by atoms with Crippen LogP contribution in [0.2, 0.25) is 0 Å². The van der Waals surface area contributed by atoms with E-state index in [9.17, 15) is 18.0 Å². The van der Waals surface area contributed by atoms with Crippen molar-refractivity contribution < 1.29 is 22.6 Å². The van der Waals surface area contributed by atoms with Gasteiger partial charge in [0.15, 0.2) is 0 Å². The fraction of sp³-hybridized carbons (Fsp3) is 0.292. The first-order valence-electron chi connectivity index (χ1n) is 11.0. The molecular weight excluding hydrogens is 463 g/mol. The van der Waals surface area contributed by atoms with E-state index in [4.69, 9.17) is 9.47 Å². The molecular formula is C24H20F3N5O3. The van der Waals surface area contributed by atoms with Gasteiger partial charge < -0.3 is 19.0 Å². The number of hydrogen-bond acceptors (Lipinski definition) is 5. The van der Waals surface area contributed by atoms with Crippen LogP contribution in [-0.2, 0) is 28.1 Å². The lowest BCUT2D eigenvalue weighted by Gasteiger charge is -2.41. The third-order valence-electron chi connectivity index (χ3n) is 6.86. The van der Waals surface area contributed by atoms with Crippen LogP contribution in [0.1, 0.15) is 48.2 Å². The minimum absolute atomic E-state index is 0.175. The van der Waals surface area contributed by atoms with Crippen LogP contribution in [0.3, 0.4) is 0 Å². The summed E-state index contributed by atoms with van der Waals surface area (Å²) < 4.78 is 55.6. The highest BCUT2D eigenvalue weighted by atomic mass is 19.4. The maximum absolute atomic E-state index is 14.1. The van der Waals surface area contributed by atoms with Gasteiger partial charge in [0.1, 0.15) is 30.2 Å². The normalized spacial score (nSPS) is 17.4. The standard InChI is InChI=1S/C24H20F3N5O3/c1-31-13-28-30-22(31)23(6-3-7-23)14-4-2-5-15(10-14)32-12-17(24(25,26)27)16-11-18(21-34-8-9-35-21)29-19(16)20(32)33/h2,4-5,8-13,21,29H,3,6-7H2,1H3. The number of aryl methyl sites for hydroxylation is 1. The van der Waals surface area contributed by atoms with Crippen LogP contribution in [0, 0.1) is 0 Å². The lowest BCUT2D eigenvalue weighted by Crippen LogP contribution is -2.38. The zero-order chi connectivity index (χ0) is 24.4. The predicted octanol–water partition coefficient (Wildman–Crippen LogP) is 4.45. The van der Waals surface area contributed by atoms with Crippen LogP contribution in [0.4, 0.5) is 13.2 Å². The highest BCUT2D eigenvalue weighted by Crippen LogP contribution is 2.48. The Balaban J connectivity index is 1.52. The Labute approximate surface area is 196 Å². The molecule has 1 aliphatic carbocycles. The van der Waals surface area contributed by atoms with Crippen molar-refractivity contribution in [1.29, 1.82) is 0 Å². The van der Waals surface area contributed by atoms with Gasteiger partial charge in [-0.15, -0.1) is 10.2 Å². The average molecular weight is 483 g/mol. The highest BCUT2D eigenvalue weighted by molar-refractivity contribution is 5.84. The van der Waals surface area contributed by atoms with E-state index >= 15 is 0 Å². The zero-order valence-corrected chi connectivity index (χ0v) is 18.5. The molecule has 0 radical (unpaired) electrons. The molecule has 1 aliphatic heterocycles. The summed E-state index contributed by atoms with van der Waals surface area (Å²) in [5.41, 5.74) is -0.684. The van der Waals surface area contributed by atoms with Gasteiger partial charge in [0, 0.05) is 24.3 Å². The van der Waals surface area contributed by atoms with Crippen molar-refractivity contribution >= 4 is 10.9 Å². The Morgan fingerprint density at radius 3 is 2.57 bits per heavy atom. The Bertz CT molecular complexity index is 1520. The number of ether oxygens (including phenoxy) is 2. The van der Waals surface area contributed by atoms with Crippen molar-refractivity contribution in [2.75, 3.05) is 0 Å². The fourth-order valence-corrected chi connectivity index (χ4v) is 5.01. The van der Waals surface area contributed by atoms with Crippen molar-refractivity contribution in [3.8, 4) is 5.69 Å². The van der Waals surface area contributed by atoms with Gasteiger partial charge in [-0.1, -0.05) is 18.6 Å². The van der Waals surface area contributed by atoms with E-state index < -0.39 is 29.0 Å². The molecule has 1 saturated carbocycles. The van der Waals surface area contributed by atoms with Gasteiger partial charge in [0.2, 0.25) is 0 Å². The van der Waals surface area contributed by atoms with Crippen LogP contribution in [0.15, 0.2) is 60.2 Å². The molecule has 0 atom stereocenters. The molecule has 4 aromatic rings. The van der Waals surface area contributed by atoms with Crippen LogP contribution < -0.4 is 5.56 Å². The first-order chi connectivity index (χ1) is 16.8. The molecule has 0 amide bonds. The number of hydrogen-bond donors (Lipinski definition) is 1. The van der Waals surface area contributed by atoms with E-state index in [-0.39, 0.29) is 16.6 Å². The summed E-state index contributed by atoms with van der Waals surface area (Å²) in [4.78, 5) is 16.2. The van der Waals surface area contributed by atoms with E-state index in [2.05, 4.69) is 15.2 Å². The number of aromatic nitrogens is 5. The second-order valence-electron chi connectivity index (χ2n) is 8.86. The quantitative estimate of drug-likeness (QED) is 0.464. The first-order valence-corrected chi connectivity index (χ1v) is 11.0. The third-order valence-corrected chi connectivity index (χ3v) is 6.86. The number of H-pyrrole nitrogens is 1. The van der Waals surface area contributed by atoms with Crippen molar-refractivity contribution in [3.05, 3.63) is 88.4 Å². The van der Waals surface area contributed by atoms with Crippen molar-refractivity contribution in [3.63, 3.8) is 0 Å². The summed E-state index contributed by atoms with van der Waals surface area (Å²) in [5.74, 6) is 0.791. The summed E-state index contributed by atoms with van der Waals surface area (Å²) in [6.45, 7) is 0. The number of halogens is 3. The SMILES string of the molecule is Cn1cnnc1C1(c2cccc(-n3cc(C(F)(F)F)c4cc(C5OC=CO5)[nH]c4c3=O)c2)CCC1. The fourth-order valence-electron chi connectivity index (χ4n) is 5.01. The van der Waals surface area contributed by atoms with Crippen molar-refractivity contribution in [2.24, 2.45) is 7.05 Å². The highest BCUT2D eigenvalue weighted by Gasteiger charge is 2.44. The number of alkyl halides is 3. The van der Waals surface area contributed by atoms with Gasteiger partial charge in [0.25, 0.3) is 11.8 Å². The topological polar surface area (TPSA) is 87.0 Å². The molecule has 2 aliphatic rings. The Kier molecular flexibility index (Phi) is 4.60. The Morgan fingerprint density at radius 2 is 1.94 bits per heavy atom. The monoisotopic (exact) mass is 483 g/mol. The number of pyridine rings is 1. The lowest BCUT2D eigenvalue weighted by molar-refractivity contribution is -0.136. The van der Waals surface area contributed by atoms with Gasteiger partial charge in [0.05, 0.1) is 16.7 Å². The summed E-state index contributed by atoms with van der Waals surface area (Å²) in [5, 5.41) is 8.06. The van der Waals surface area contributed by atoms with E-state index in [1.807, 2.05) is 17.7 Å². The predicted molar refractivity (Wildman–Crippen MR) is 119 cm³/mol. The number of benzene rings is 1. The number of nitrogens with one attached hydrogen (secondary N) is 1. The summed E-state index contributed by atoms with van der Waals surface area (Å²) in [7, 11) is 1.86. The van der Waals surface area contributed by atoms with Crippen molar-refractivity contribution in [2.45, 2.75) is 37.1 Å². The molecule has 0 saturated heterocycles. The summed E-state index contributed by atoms with van der Waals surface area (Å²) >= 11 is 0. The Hall–Kier alpha value is -4.02. The van der Waals surface area contributed by atoms with Gasteiger partial charge in [-0.25, -0.2) is 0 Å². The first kappa shape index (κ1) is 21.5. The zero-order valence-electron chi connectivity index (χ0n) is 18.5. The minimum atomic E-state index is -4.69. The van der Waals surface area contributed by atoms with E-state index in [1.54, 1.807) is 24.5 Å². The van der Waals surface area contributed by atoms with Crippen LogP contribution in [0.5, 0.6) is 0 Å². The summed E-state index contributed by atoms with van der Waals surface area (Å²) in [6.07, 6.45) is 2.09. The molecule has 4 heterocycles. The number of fused-ring (bicyclic) bond motifs is 1. The maximum atomic E-state index is 14.1. The molecule has 6 rings (SSSR count). The van der Waals surface area contributed by atoms with E-state index in [0.717, 1.165) is 41.4 Å². The average Bonchev–Trinajstić information content (AvgIpc) is 3.54. The van der Waals surface area contributed by atoms with E-state index in [0.29, 0.717) is 5.69 Å². The molecule has 0 bridgehead atoms. The maximum Gasteiger partial charge on any atom is 0.418 e. The van der Waals surface area contributed by atoms with Crippen LogP contribution in [-0.4, -0.2) is 24.3 Å². The lowest BCUT2D eigenvalue weighted by atomic mass is 9.63. The molecule has 1 aromatic carbocycles. The van der Waals surface area contributed by atoms with Gasteiger partial charge >= 0.3 is 6.18 Å². The smallest absolute Gasteiger partial charge is 0.418 e. The molecule has 11 heteroatoms. The molecule has 1 N–H and O–H groups in total. The molecule has 180 valence electrons. The molecule has 3 aromatic heterocycles. The second kappa shape index (κ2) is 7.49. The van der Waals surface area contributed by atoms with Gasteiger partial charge in [-0.05, 0) is 36.6 Å². The molecule has 35 heavy (non-hydrogen) atoms. The van der Waals surface area contributed by atoms with Crippen LogP contribution >= 0.6 is 0 Å². The third kappa shape index (κ3) is 3.25. The van der Waals surface area contributed by atoms with Gasteiger partial charge in [-0.3, -0.25) is 9.36 Å². The van der Waals surface area contributed by atoms with Crippen molar-refractivity contribution in [1.82, 2.24) is 24.3 Å². The van der Waals surface area contributed by atoms with E-state index in [1.165, 1.54) is 18.6 Å².